The minimum Gasteiger partial charge on any atom is -0.435 e. The van der Waals surface area contributed by atoms with E-state index < -0.39 is 30.6 Å². The molecule has 1 spiro atoms. The second kappa shape index (κ2) is 7.50. The number of nitrogens with one attached hydrogen (secondary N) is 2. The van der Waals surface area contributed by atoms with Gasteiger partial charge >= 0.3 is 12.6 Å². The number of carbonyl (C=O) groups excluding carboxylic acids is 3. The highest BCUT2D eigenvalue weighted by Crippen LogP contribution is 2.36. The van der Waals surface area contributed by atoms with Crippen molar-refractivity contribution in [2.45, 2.75) is 44.8 Å². The predicted molar refractivity (Wildman–Crippen MR) is 92.3 cm³/mol. The van der Waals surface area contributed by atoms with Crippen LogP contribution in [0, 0.1) is 5.92 Å². The number of ether oxygens (including phenoxy) is 1. The zero-order valence-corrected chi connectivity index (χ0v) is 14.8. The third kappa shape index (κ3) is 4.17. The second-order valence-electron chi connectivity index (χ2n) is 7.04. The molecule has 0 radical (unpaired) electrons. The van der Waals surface area contributed by atoms with E-state index in [1.54, 1.807) is 0 Å². The van der Waals surface area contributed by atoms with Crippen molar-refractivity contribution in [1.82, 2.24) is 10.2 Å². The molecule has 2 N–H and O–H groups in total. The normalized spacial score (nSPS) is 25.0. The molecule has 1 saturated carbocycles. The molecule has 0 aromatic heterocycles. The summed E-state index contributed by atoms with van der Waals surface area (Å²) in [6.07, 6.45) is 2.79. The summed E-state index contributed by atoms with van der Waals surface area (Å²) in [6, 6.07) is 4.91. The van der Waals surface area contributed by atoms with E-state index in [1.807, 2.05) is 0 Å². The molecule has 0 bridgehead atoms. The van der Waals surface area contributed by atoms with Crippen LogP contribution in [0.25, 0.3) is 0 Å². The first-order chi connectivity index (χ1) is 12.8. The SMILES string of the molecule is CC1CCC2(CC1)NC(=O)N(CC(=O)Nc1cccc(OC(F)F)c1)C2=O. The Labute approximate surface area is 155 Å². The summed E-state index contributed by atoms with van der Waals surface area (Å²) in [5.41, 5.74) is -0.680. The van der Waals surface area contributed by atoms with Crippen LogP contribution in [0.1, 0.15) is 32.6 Å². The van der Waals surface area contributed by atoms with Crippen molar-refractivity contribution in [1.29, 1.82) is 0 Å². The number of halogens is 2. The zero-order chi connectivity index (χ0) is 19.6. The van der Waals surface area contributed by atoms with Crippen molar-refractivity contribution < 1.29 is 27.9 Å². The van der Waals surface area contributed by atoms with Crippen molar-refractivity contribution in [2.24, 2.45) is 5.92 Å². The van der Waals surface area contributed by atoms with Gasteiger partial charge in [-0.2, -0.15) is 8.78 Å². The first kappa shape index (κ1) is 19.1. The molecule has 1 saturated heterocycles. The van der Waals surface area contributed by atoms with Crippen LogP contribution in [0.2, 0.25) is 0 Å². The molecule has 1 aliphatic carbocycles. The summed E-state index contributed by atoms with van der Waals surface area (Å²) in [5.74, 6) is -0.591. The number of rotatable bonds is 5. The van der Waals surface area contributed by atoms with Gasteiger partial charge in [0.15, 0.2) is 0 Å². The lowest BCUT2D eigenvalue weighted by atomic mass is 9.77. The second-order valence-corrected chi connectivity index (χ2v) is 7.04. The Kier molecular flexibility index (Phi) is 5.29. The van der Waals surface area contributed by atoms with E-state index >= 15 is 0 Å². The molecule has 3 rings (SSSR count). The fourth-order valence-corrected chi connectivity index (χ4v) is 3.51. The highest BCUT2D eigenvalue weighted by Gasteiger charge is 2.52. The third-order valence-corrected chi connectivity index (χ3v) is 5.02. The van der Waals surface area contributed by atoms with Gasteiger partial charge in [-0.1, -0.05) is 13.0 Å². The third-order valence-electron chi connectivity index (χ3n) is 5.02. The van der Waals surface area contributed by atoms with E-state index in [0.29, 0.717) is 18.8 Å². The standard InChI is InChI=1S/C18H21F2N3O4/c1-11-5-7-18(8-6-11)15(25)23(17(26)22-18)10-14(24)21-12-3-2-4-13(9-12)27-16(19)20/h2-4,9,11,16H,5-8,10H2,1H3,(H,21,24)(H,22,26). The fourth-order valence-electron chi connectivity index (χ4n) is 3.51. The van der Waals surface area contributed by atoms with E-state index in [0.717, 1.165) is 17.7 Å². The van der Waals surface area contributed by atoms with Crippen LogP contribution in [-0.2, 0) is 9.59 Å². The van der Waals surface area contributed by atoms with Gasteiger partial charge in [0.1, 0.15) is 17.8 Å². The van der Waals surface area contributed by atoms with Gasteiger partial charge < -0.3 is 15.4 Å². The molecular formula is C18H21F2N3O4. The Morgan fingerprint density at radius 1 is 1.37 bits per heavy atom. The van der Waals surface area contributed by atoms with Gasteiger partial charge in [0.05, 0.1) is 0 Å². The van der Waals surface area contributed by atoms with Gasteiger partial charge in [-0.15, -0.1) is 0 Å². The van der Waals surface area contributed by atoms with Crippen LogP contribution in [0.5, 0.6) is 5.75 Å². The summed E-state index contributed by atoms with van der Waals surface area (Å²) >= 11 is 0. The first-order valence-electron chi connectivity index (χ1n) is 8.78. The average Bonchev–Trinajstić information content (AvgIpc) is 2.82. The van der Waals surface area contributed by atoms with Crippen molar-refractivity contribution >= 4 is 23.5 Å². The highest BCUT2D eigenvalue weighted by atomic mass is 19.3. The molecular weight excluding hydrogens is 360 g/mol. The predicted octanol–water partition coefficient (Wildman–Crippen LogP) is 2.73. The molecule has 2 fully saturated rings. The molecule has 2 aliphatic rings. The molecule has 1 aromatic rings. The molecule has 4 amide bonds. The maximum Gasteiger partial charge on any atom is 0.387 e. The smallest absolute Gasteiger partial charge is 0.387 e. The van der Waals surface area contributed by atoms with E-state index in [-0.39, 0.29) is 17.3 Å². The average molecular weight is 381 g/mol. The minimum atomic E-state index is -2.98. The van der Waals surface area contributed by atoms with Crippen molar-refractivity contribution in [3.63, 3.8) is 0 Å². The zero-order valence-electron chi connectivity index (χ0n) is 14.8. The van der Waals surface area contributed by atoms with E-state index in [1.165, 1.54) is 24.3 Å². The maximum atomic E-state index is 12.7. The van der Waals surface area contributed by atoms with Crippen LogP contribution in [0.3, 0.4) is 0 Å². The lowest BCUT2D eigenvalue weighted by molar-refractivity contribution is -0.135. The number of benzene rings is 1. The number of anilines is 1. The largest absolute Gasteiger partial charge is 0.435 e. The molecule has 0 atom stereocenters. The fraction of sp³-hybridized carbons (Fsp3) is 0.500. The van der Waals surface area contributed by atoms with Gasteiger partial charge in [0, 0.05) is 11.8 Å². The quantitative estimate of drug-likeness (QED) is 0.768. The molecule has 1 heterocycles. The van der Waals surface area contributed by atoms with E-state index in [9.17, 15) is 23.2 Å². The van der Waals surface area contributed by atoms with Crippen LogP contribution in [0.15, 0.2) is 24.3 Å². The van der Waals surface area contributed by atoms with Crippen LogP contribution < -0.4 is 15.4 Å². The molecule has 1 aliphatic heterocycles. The van der Waals surface area contributed by atoms with Gasteiger partial charge in [0.25, 0.3) is 5.91 Å². The summed E-state index contributed by atoms with van der Waals surface area (Å²) in [7, 11) is 0. The van der Waals surface area contributed by atoms with Crippen LogP contribution >= 0.6 is 0 Å². The summed E-state index contributed by atoms with van der Waals surface area (Å²) < 4.78 is 28.8. The Morgan fingerprint density at radius 2 is 2.07 bits per heavy atom. The number of hydrogen-bond acceptors (Lipinski definition) is 4. The number of urea groups is 1. The lowest BCUT2D eigenvalue weighted by Gasteiger charge is -2.33. The molecule has 7 nitrogen and oxygen atoms in total. The molecule has 27 heavy (non-hydrogen) atoms. The van der Waals surface area contributed by atoms with Gasteiger partial charge in [-0.3, -0.25) is 14.5 Å². The molecule has 0 unspecified atom stereocenters. The van der Waals surface area contributed by atoms with E-state index in [2.05, 4.69) is 22.3 Å². The number of nitrogens with zero attached hydrogens (tertiary/aromatic N) is 1. The summed E-state index contributed by atoms with van der Waals surface area (Å²) in [5, 5.41) is 5.23. The molecule has 1 aromatic carbocycles. The Hall–Kier alpha value is -2.71. The summed E-state index contributed by atoms with van der Waals surface area (Å²) in [6.45, 7) is -1.32. The highest BCUT2D eigenvalue weighted by molar-refractivity contribution is 6.10. The Balaban J connectivity index is 1.62. The monoisotopic (exact) mass is 381 g/mol. The number of alkyl halides is 2. The molecule has 146 valence electrons. The Bertz CT molecular complexity index is 748. The van der Waals surface area contributed by atoms with Crippen molar-refractivity contribution in [3.05, 3.63) is 24.3 Å². The van der Waals surface area contributed by atoms with E-state index in [4.69, 9.17) is 0 Å². The minimum absolute atomic E-state index is 0.104. The number of carbonyl (C=O) groups is 3. The Morgan fingerprint density at radius 3 is 2.74 bits per heavy atom. The number of hydrogen-bond donors (Lipinski definition) is 2. The molecule has 9 heteroatoms. The maximum absolute atomic E-state index is 12.7. The first-order valence-corrected chi connectivity index (χ1v) is 8.78. The van der Waals surface area contributed by atoms with Gasteiger partial charge in [0.2, 0.25) is 5.91 Å². The van der Waals surface area contributed by atoms with Crippen molar-refractivity contribution in [2.75, 3.05) is 11.9 Å². The van der Waals surface area contributed by atoms with Gasteiger partial charge in [-0.25, -0.2) is 4.79 Å². The van der Waals surface area contributed by atoms with Gasteiger partial charge in [-0.05, 0) is 43.7 Å². The summed E-state index contributed by atoms with van der Waals surface area (Å²) in [4.78, 5) is 38.1. The van der Waals surface area contributed by atoms with Crippen LogP contribution in [0.4, 0.5) is 19.3 Å². The van der Waals surface area contributed by atoms with Crippen LogP contribution in [-0.4, -0.2) is 41.4 Å². The number of amides is 4. The number of imide groups is 1. The lowest BCUT2D eigenvalue weighted by Crippen LogP contribution is -2.49. The van der Waals surface area contributed by atoms with Crippen molar-refractivity contribution in [3.8, 4) is 5.75 Å². The topological polar surface area (TPSA) is 87.7 Å².